The van der Waals surface area contributed by atoms with E-state index < -0.39 is 0 Å². The lowest BCUT2D eigenvalue weighted by molar-refractivity contribution is 0.445. The molecule has 1 fully saturated rings. The Balaban J connectivity index is 0.00000156. The molecule has 4 nitrogen and oxygen atoms in total. The Kier molecular flexibility index (Phi) is 4.59. The Morgan fingerprint density at radius 3 is 2.70 bits per heavy atom. The first-order chi connectivity index (χ1) is 10.8. The zero-order valence-electron chi connectivity index (χ0n) is 12.6. The molecular formula is C17H18ClFN4. The lowest BCUT2D eigenvalue weighted by Gasteiger charge is -2.19. The maximum Gasteiger partial charge on any atom is 0.155 e. The summed E-state index contributed by atoms with van der Waals surface area (Å²) in [6.45, 7) is 2.05. The number of hydrogen-bond donors (Lipinski definition) is 1. The normalized spacial score (nSPS) is 15.5. The molecule has 2 aromatic heterocycles. The molecule has 4 rings (SSSR count). The Hall–Kier alpha value is -1.98. The topological polar surface area (TPSA) is 42.2 Å². The van der Waals surface area contributed by atoms with Crippen LogP contribution in [0.25, 0.3) is 16.8 Å². The number of halogens is 2. The molecule has 120 valence electrons. The minimum absolute atomic E-state index is 0. The van der Waals surface area contributed by atoms with Gasteiger partial charge in [0.05, 0.1) is 0 Å². The smallest absolute Gasteiger partial charge is 0.155 e. The van der Waals surface area contributed by atoms with Crippen LogP contribution >= 0.6 is 12.4 Å². The Labute approximate surface area is 140 Å². The molecule has 1 saturated heterocycles. The van der Waals surface area contributed by atoms with E-state index >= 15 is 0 Å². The summed E-state index contributed by atoms with van der Waals surface area (Å²) in [7, 11) is 0. The van der Waals surface area contributed by atoms with E-state index in [1.807, 2.05) is 24.4 Å². The quantitative estimate of drug-likeness (QED) is 0.782. The highest BCUT2D eigenvalue weighted by molar-refractivity contribution is 5.85. The molecule has 0 unspecified atom stereocenters. The van der Waals surface area contributed by atoms with Crippen molar-refractivity contribution in [2.75, 3.05) is 13.1 Å². The predicted octanol–water partition coefficient (Wildman–Crippen LogP) is 3.42. The Morgan fingerprint density at radius 1 is 1.09 bits per heavy atom. The molecule has 0 bridgehead atoms. The average Bonchev–Trinajstić information content (AvgIpc) is 2.99. The number of hydrogen-bond acceptors (Lipinski definition) is 3. The minimum atomic E-state index is -0.230. The van der Waals surface area contributed by atoms with Crippen molar-refractivity contribution in [3.05, 3.63) is 54.2 Å². The highest BCUT2D eigenvalue weighted by Crippen LogP contribution is 2.24. The molecule has 0 saturated carbocycles. The average molecular weight is 333 g/mol. The van der Waals surface area contributed by atoms with Crippen LogP contribution < -0.4 is 5.32 Å². The number of rotatable bonds is 2. The van der Waals surface area contributed by atoms with E-state index in [1.54, 1.807) is 10.6 Å². The molecular weight excluding hydrogens is 315 g/mol. The molecule has 3 aromatic rings. The van der Waals surface area contributed by atoms with Gasteiger partial charge in [0.2, 0.25) is 0 Å². The molecule has 1 aliphatic heterocycles. The second kappa shape index (κ2) is 6.64. The first kappa shape index (κ1) is 15.9. The fourth-order valence-electron chi connectivity index (χ4n) is 2.99. The van der Waals surface area contributed by atoms with Crippen molar-refractivity contribution >= 4 is 18.1 Å². The maximum atomic E-state index is 13.4. The number of piperidine rings is 1. The summed E-state index contributed by atoms with van der Waals surface area (Å²) in [5.74, 6) is 1.11. The number of nitrogens with one attached hydrogen (secondary N) is 1. The van der Waals surface area contributed by atoms with Crippen LogP contribution in [0.2, 0.25) is 0 Å². The predicted molar refractivity (Wildman–Crippen MR) is 90.5 cm³/mol. The third-order valence-corrected chi connectivity index (χ3v) is 4.21. The second-order valence-corrected chi connectivity index (χ2v) is 5.73. The van der Waals surface area contributed by atoms with Gasteiger partial charge in [-0.25, -0.2) is 13.9 Å². The number of pyridine rings is 1. The molecule has 1 aromatic carbocycles. The third kappa shape index (κ3) is 3.21. The van der Waals surface area contributed by atoms with Crippen LogP contribution in [-0.2, 0) is 0 Å². The molecule has 0 aliphatic carbocycles. The summed E-state index contributed by atoms with van der Waals surface area (Å²) >= 11 is 0. The van der Waals surface area contributed by atoms with E-state index in [-0.39, 0.29) is 18.2 Å². The first-order valence-electron chi connectivity index (χ1n) is 7.62. The monoisotopic (exact) mass is 332 g/mol. The Bertz CT molecular complexity index is 811. The number of aromatic nitrogens is 3. The summed E-state index contributed by atoms with van der Waals surface area (Å²) in [6, 6.07) is 10.5. The van der Waals surface area contributed by atoms with E-state index in [1.165, 1.54) is 12.1 Å². The molecule has 0 spiro atoms. The van der Waals surface area contributed by atoms with E-state index in [0.29, 0.717) is 5.92 Å². The highest BCUT2D eigenvalue weighted by Gasteiger charge is 2.19. The summed E-state index contributed by atoms with van der Waals surface area (Å²) in [6.07, 6.45) is 4.07. The van der Waals surface area contributed by atoms with Gasteiger partial charge in [0.1, 0.15) is 5.82 Å². The van der Waals surface area contributed by atoms with Crippen LogP contribution in [0.15, 0.2) is 42.6 Å². The van der Waals surface area contributed by atoms with Crippen molar-refractivity contribution in [3.8, 4) is 11.1 Å². The number of nitrogens with zero attached hydrogens (tertiary/aromatic N) is 3. The Morgan fingerprint density at radius 2 is 1.91 bits per heavy atom. The van der Waals surface area contributed by atoms with Crippen LogP contribution in [0.1, 0.15) is 24.6 Å². The van der Waals surface area contributed by atoms with Crippen molar-refractivity contribution in [2.24, 2.45) is 0 Å². The summed E-state index contributed by atoms with van der Waals surface area (Å²) in [4.78, 5) is 4.64. The van der Waals surface area contributed by atoms with Crippen LogP contribution in [0.3, 0.4) is 0 Å². The van der Waals surface area contributed by atoms with Crippen molar-refractivity contribution in [3.63, 3.8) is 0 Å². The summed E-state index contributed by atoms with van der Waals surface area (Å²) < 4.78 is 15.2. The van der Waals surface area contributed by atoms with E-state index in [2.05, 4.69) is 15.4 Å². The molecule has 23 heavy (non-hydrogen) atoms. The van der Waals surface area contributed by atoms with Gasteiger partial charge in [0.25, 0.3) is 0 Å². The van der Waals surface area contributed by atoms with Gasteiger partial charge in [-0.05, 0) is 55.8 Å². The molecule has 0 atom stereocenters. The van der Waals surface area contributed by atoms with Gasteiger partial charge in [0.15, 0.2) is 11.5 Å². The van der Waals surface area contributed by atoms with Gasteiger partial charge < -0.3 is 5.32 Å². The zero-order valence-corrected chi connectivity index (χ0v) is 13.4. The zero-order chi connectivity index (χ0) is 14.9. The van der Waals surface area contributed by atoms with Gasteiger partial charge in [-0.1, -0.05) is 12.1 Å². The third-order valence-electron chi connectivity index (χ3n) is 4.21. The molecule has 1 N–H and O–H groups in total. The second-order valence-electron chi connectivity index (χ2n) is 5.73. The van der Waals surface area contributed by atoms with E-state index in [0.717, 1.165) is 48.5 Å². The van der Waals surface area contributed by atoms with Crippen molar-refractivity contribution in [1.29, 1.82) is 0 Å². The van der Waals surface area contributed by atoms with Crippen molar-refractivity contribution in [1.82, 2.24) is 19.9 Å². The number of benzene rings is 1. The fourth-order valence-corrected chi connectivity index (χ4v) is 2.99. The summed E-state index contributed by atoms with van der Waals surface area (Å²) in [5, 5.41) is 7.99. The van der Waals surface area contributed by atoms with Gasteiger partial charge in [-0.15, -0.1) is 12.4 Å². The molecule has 3 heterocycles. The molecule has 1 aliphatic rings. The van der Waals surface area contributed by atoms with Crippen LogP contribution in [0.4, 0.5) is 4.39 Å². The van der Waals surface area contributed by atoms with E-state index in [9.17, 15) is 4.39 Å². The first-order valence-corrected chi connectivity index (χ1v) is 7.62. The lowest BCUT2D eigenvalue weighted by Crippen LogP contribution is -2.27. The number of fused-ring (bicyclic) bond motifs is 1. The standard InChI is InChI=1S/C17H17FN4.ClH/c18-15-3-1-2-13(10-15)14-4-5-16-20-17(21-22(16)11-14)12-6-8-19-9-7-12;/h1-5,10-12,19H,6-9H2;1H. The minimum Gasteiger partial charge on any atom is -0.317 e. The van der Waals surface area contributed by atoms with Gasteiger partial charge in [-0.3, -0.25) is 0 Å². The summed E-state index contributed by atoms with van der Waals surface area (Å²) in [5.41, 5.74) is 2.63. The van der Waals surface area contributed by atoms with Crippen LogP contribution in [-0.4, -0.2) is 27.7 Å². The highest BCUT2D eigenvalue weighted by atomic mass is 35.5. The van der Waals surface area contributed by atoms with E-state index in [4.69, 9.17) is 0 Å². The molecule has 0 radical (unpaired) electrons. The van der Waals surface area contributed by atoms with Crippen LogP contribution in [0.5, 0.6) is 0 Å². The largest absolute Gasteiger partial charge is 0.317 e. The fraction of sp³-hybridized carbons (Fsp3) is 0.294. The molecule has 0 amide bonds. The van der Waals surface area contributed by atoms with Crippen LogP contribution in [0, 0.1) is 5.82 Å². The van der Waals surface area contributed by atoms with Crippen molar-refractivity contribution in [2.45, 2.75) is 18.8 Å². The lowest BCUT2D eigenvalue weighted by atomic mass is 9.98. The van der Waals surface area contributed by atoms with Gasteiger partial charge in [0, 0.05) is 17.7 Å². The van der Waals surface area contributed by atoms with Gasteiger partial charge >= 0.3 is 0 Å². The maximum absolute atomic E-state index is 13.4. The van der Waals surface area contributed by atoms with Crippen molar-refractivity contribution < 1.29 is 4.39 Å². The SMILES string of the molecule is Cl.Fc1cccc(-c2ccc3nc(C4CCNCC4)nn3c2)c1. The molecule has 6 heteroatoms. The van der Waals surface area contributed by atoms with Gasteiger partial charge in [-0.2, -0.15) is 5.10 Å².